The van der Waals surface area contributed by atoms with Crippen LogP contribution in [0.5, 0.6) is 0 Å². The van der Waals surface area contributed by atoms with Gasteiger partial charge in [0.05, 0.1) is 6.04 Å². The summed E-state index contributed by atoms with van der Waals surface area (Å²) in [6.07, 6.45) is 0.620. The van der Waals surface area contributed by atoms with E-state index in [1.54, 1.807) is 6.07 Å². The number of Topliss-reactive ketones (excluding diaryl/α,β-unsaturated/α-hetero) is 1. The second kappa shape index (κ2) is 4.10. The van der Waals surface area contributed by atoms with E-state index in [4.69, 9.17) is 10.2 Å². The number of furan rings is 1. The Bertz CT molecular complexity index is 528. The Balaban J connectivity index is 2.43. The molecule has 0 aliphatic rings. The number of aryl methyl sites for hydroxylation is 1. The number of fused-ring (bicyclic) bond motifs is 1. The second-order valence-corrected chi connectivity index (χ2v) is 4.03. The molecule has 1 heterocycles. The normalized spacial score (nSPS) is 12.9. The van der Waals surface area contributed by atoms with Gasteiger partial charge in [0.15, 0.2) is 5.76 Å². The van der Waals surface area contributed by atoms with E-state index in [0.717, 1.165) is 16.5 Å². The van der Waals surface area contributed by atoms with Crippen molar-refractivity contribution in [2.45, 2.75) is 26.3 Å². The highest BCUT2D eigenvalue weighted by Crippen LogP contribution is 2.21. The number of hydrogen-bond acceptors (Lipinski definition) is 3. The first kappa shape index (κ1) is 10.9. The molecule has 2 rings (SSSR count). The Labute approximate surface area is 94.2 Å². The third-order valence-electron chi connectivity index (χ3n) is 2.69. The molecule has 0 radical (unpaired) electrons. The maximum absolute atomic E-state index is 11.8. The molecule has 0 saturated heterocycles. The van der Waals surface area contributed by atoms with Crippen LogP contribution in [0.25, 0.3) is 11.0 Å². The van der Waals surface area contributed by atoms with Gasteiger partial charge in [-0.2, -0.15) is 0 Å². The number of hydrogen-bond donors (Lipinski definition) is 1. The molecule has 3 nitrogen and oxygen atoms in total. The molecule has 0 spiro atoms. The van der Waals surface area contributed by atoms with E-state index in [1.807, 2.05) is 32.0 Å². The Morgan fingerprint density at radius 3 is 2.88 bits per heavy atom. The van der Waals surface area contributed by atoms with E-state index in [1.165, 1.54) is 0 Å². The third-order valence-corrected chi connectivity index (χ3v) is 2.69. The van der Waals surface area contributed by atoms with Crippen molar-refractivity contribution in [3.8, 4) is 0 Å². The summed E-state index contributed by atoms with van der Waals surface area (Å²) >= 11 is 0. The molecule has 2 aromatic rings. The fourth-order valence-corrected chi connectivity index (χ4v) is 1.65. The van der Waals surface area contributed by atoms with E-state index < -0.39 is 6.04 Å². The summed E-state index contributed by atoms with van der Waals surface area (Å²) in [6, 6.07) is 7.12. The monoisotopic (exact) mass is 217 g/mol. The minimum absolute atomic E-state index is 0.128. The van der Waals surface area contributed by atoms with Gasteiger partial charge >= 0.3 is 0 Å². The van der Waals surface area contributed by atoms with Gasteiger partial charge in [0.2, 0.25) is 5.78 Å². The Kier molecular flexibility index (Phi) is 2.79. The zero-order valence-corrected chi connectivity index (χ0v) is 9.49. The zero-order chi connectivity index (χ0) is 11.7. The van der Waals surface area contributed by atoms with Gasteiger partial charge in [-0.1, -0.05) is 18.6 Å². The van der Waals surface area contributed by atoms with Crippen LogP contribution in [-0.2, 0) is 0 Å². The largest absolute Gasteiger partial charge is 0.453 e. The van der Waals surface area contributed by atoms with Gasteiger partial charge in [-0.15, -0.1) is 0 Å². The van der Waals surface area contributed by atoms with Crippen molar-refractivity contribution in [3.05, 3.63) is 35.6 Å². The zero-order valence-electron chi connectivity index (χ0n) is 9.49. The van der Waals surface area contributed by atoms with Crippen molar-refractivity contribution in [1.29, 1.82) is 0 Å². The van der Waals surface area contributed by atoms with Crippen molar-refractivity contribution in [3.63, 3.8) is 0 Å². The first-order valence-electron chi connectivity index (χ1n) is 5.42. The number of rotatable bonds is 3. The Morgan fingerprint density at radius 1 is 1.44 bits per heavy atom. The minimum Gasteiger partial charge on any atom is -0.453 e. The number of nitrogens with two attached hydrogens (primary N) is 1. The van der Waals surface area contributed by atoms with Gasteiger partial charge in [0.1, 0.15) is 5.58 Å². The van der Waals surface area contributed by atoms with Crippen LogP contribution in [0.2, 0.25) is 0 Å². The van der Waals surface area contributed by atoms with Gasteiger partial charge < -0.3 is 10.2 Å². The lowest BCUT2D eigenvalue weighted by molar-refractivity contribution is 0.0934. The highest BCUT2D eigenvalue weighted by atomic mass is 16.3. The topological polar surface area (TPSA) is 56.2 Å². The average molecular weight is 217 g/mol. The standard InChI is InChI=1S/C13H15NO2/c1-3-10(14)13(15)12-7-9-6-8(2)4-5-11(9)16-12/h4-7,10H,3,14H2,1-2H3. The summed E-state index contributed by atoms with van der Waals surface area (Å²) in [5.74, 6) is 0.228. The van der Waals surface area contributed by atoms with E-state index in [2.05, 4.69) is 0 Å². The Hall–Kier alpha value is -1.61. The number of ketones is 1. The van der Waals surface area contributed by atoms with Gasteiger partial charge in [0, 0.05) is 5.39 Å². The quantitative estimate of drug-likeness (QED) is 0.804. The van der Waals surface area contributed by atoms with E-state index in [-0.39, 0.29) is 5.78 Å². The summed E-state index contributed by atoms with van der Waals surface area (Å²) in [5, 5.41) is 0.951. The first-order valence-corrected chi connectivity index (χ1v) is 5.42. The Morgan fingerprint density at radius 2 is 2.19 bits per heavy atom. The van der Waals surface area contributed by atoms with Crippen LogP contribution >= 0.6 is 0 Å². The summed E-state index contributed by atoms with van der Waals surface area (Å²) in [5.41, 5.74) is 7.57. The molecule has 84 valence electrons. The molecular formula is C13H15NO2. The second-order valence-electron chi connectivity index (χ2n) is 4.03. The lowest BCUT2D eigenvalue weighted by Crippen LogP contribution is -2.29. The summed E-state index contributed by atoms with van der Waals surface area (Å²) in [4.78, 5) is 11.8. The predicted molar refractivity (Wildman–Crippen MR) is 63.5 cm³/mol. The van der Waals surface area contributed by atoms with Gasteiger partial charge in [-0.25, -0.2) is 0 Å². The maximum Gasteiger partial charge on any atom is 0.214 e. The van der Waals surface area contributed by atoms with Crippen LogP contribution in [-0.4, -0.2) is 11.8 Å². The summed E-state index contributed by atoms with van der Waals surface area (Å²) < 4.78 is 5.48. The summed E-state index contributed by atoms with van der Waals surface area (Å²) in [6.45, 7) is 3.89. The molecular weight excluding hydrogens is 202 g/mol. The van der Waals surface area contributed by atoms with Crippen LogP contribution in [0.15, 0.2) is 28.7 Å². The van der Waals surface area contributed by atoms with Gasteiger partial charge in [-0.3, -0.25) is 4.79 Å². The average Bonchev–Trinajstić information content (AvgIpc) is 2.69. The SMILES string of the molecule is CCC(N)C(=O)c1cc2cc(C)ccc2o1. The molecule has 1 atom stereocenters. The van der Waals surface area contributed by atoms with Crippen molar-refractivity contribution >= 4 is 16.8 Å². The molecule has 0 saturated carbocycles. The molecule has 1 aromatic heterocycles. The van der Waals surface area contributed by atoms with Gasteiger partial charge in [0.25, 0.3) is 0 Å². The molecule has 2 N–H and O–H groups in total. The molecule has 0 bridgehead atoms. The molecule has 1 aromatic carbocycles. The van der Waals surface area contributed by atoms with E-state index in [0.29, 0.717) is 12.2 Å². The first-order chi connectivity index (χ1) is 7.61. The van der Waals surface area contributed by atoms with Gasteiger partial charge in [-0.05, 0) is 31.5 Å². The van der Waals surface area contributed by atoms with Crippen molar-refractivity contribution in [1.82, 2.24) is 0 Å². The highest BCUT2D eigenvalue weighted by Gasteiger charge is 2.18. The maximum atomic E-state index is 11.8. The molecule has 0 aliphatic carbocycles. The predicted octanol–water partition coefficient (Wildman–Crippen LogP) is 2.66. The number of carbonyl (C=O) groups excluding carboxylic acids is 1. The van der Waals surface area contributed by atoms with Crippen LogP contribution in [0, 0.1) is 6.92 Å². The fourth-order valence-electron chi connectivity index (χ4n) is 1.65. The lowest BCUT2D eigenvalue weighted by Gasteiger charge is -2.03. The molecule has 0 fully saturated rings. The van der Waals surface area contributed by atoms with E-state index in [9.17, 15) is 4.79 Å². The van der Waals surface area contributed by atoms with Crippen molar-refractivity contribution in [2.24, 2.45) is 5.73 Å². The third kappa shape index (κ3) is 1.86. The van der Waals surface area contributed by atoms with Crippen molar-refractivity contribution < 1.29 is 9.21 Å². The minimum atomic E-state index is -0.471. The molecule has 0 amide bonds. The smallest absolute Gasteiger partial charge is 0.214 e. The molecule has 0 aliphatic heterocycles. The van der Waals surface area contributed by atoms with Crippen LogP contribution in [0.3, 0.4) is 0 Å². The molecule has 3 heteroatoms. The number of benzene rings is 1. The molecule has 1 unspecified atom stereocenters. The molecule has 16 heavy (non-hydrogen) atoms. The van der Waals surface area contributed by atoms with Crippen LogP contribution in [0.4, 0.5) is 0 Å². The van der Waals surface area contributed by atoms with Crippen LogP contribution in [0.1, 0.15) is 29.5 Å². The van der Waals surface area contributed by atoms with E-state index >= 15 is 0 Å². The van der Waals surface area contributed by atoms with Crippen LogP contribution < -0.4 is 5.73 Å². The lowest BCUT2D eigenvalue weighted by atomic mass is 10.1. The summed E-state index contributed by atoms with van der Waals surface area (Å²) in [7, 11) is 0. The highest BCUT2D eigenvalue weighted by molar-refractivity contribution is 6.00. The van der Waals surface area contributed by atoms with Crippen molar-refractivity contribution in [2.75, 3.05) is 0 Å². The number of carbonyl (C=O) groups is 1. The fraction of sp³-hybridized carbons (Fsp3) is 0.308.